The van der Waals surface area contributed by atoms with Crippen LogP contribution in [0.15, 0.2) is 35.8 Å². The van der Waals surface area contributed by atoms with Crippen molar-refractivity contribution in [2.45, 2.75) is 0 Å². The fourth-order valence-corrected chi connectivity index (χ4v) is 1.80. The molecule has 82 valence electrons. The molecule has 2 aromatic rings. The normalized spacial score (nSPS) is 9.81. The molecule has 1 aromatic carbocycles. The summed E-state index contributed by atoms with van der Waals surface area (Å²) in [5.74, 6) is -0.345. The van der Waals surface area contributed by atoms with Crippen LogP contribution in [0.25, 0.3) is 0 Å². The first kappa shape index (κ1) is 10.6. The third-order valence-corrected chi connectivity index (χ3v) is 2.66. The van der Waals surface area contributed by atoms with Crippen LogP contribution in [0.1, 0.15) is 10.4 Å². The Balaban J connectivity index is 2.19. The maximum absolute atomic E-state index is 11.3. The van der Waals surface area contributed by atoms with Gasteiger partial charge in [0.05, 0.1) is 12.7 Å². The van der Waals surface area contributed by atoms with Crippen molar-refractivity contribution in [3.05, 3.63) is 41.4 Å². The smallest absolute Gasteiger partial charge is 0.337 e. The van der Waals surface area contributed by atoms with Crippen molar-refractivity contribution in [3.63, 3.8) is 0 Å². The van der Waals surface area contributed by atoms with E-state index in [4.69, 9.17) is 0 Å². The molecule has 2 rings (SSSR count). The molecule has 1 heterocycles. The van der Waals surface area contributed by atoms with Crippen molar-refractivity contribution in [2.24, 2.45) is 0 Å². The van der Waals surface area contributed by atoms with Crippen LogP contribution in [0.2, 0.25) is 0 Å². The number of ether oxygens (including phenoxy) is 1. The fraction of sp³-hybridized carbons (Fsp3) is 0.0909. The summed E-state index contributed by atoms with van der Waals surface area (Å²) in [4.78, 5) is 15.4. The van der Waals surface area contributed by atoms with E-state index in [0.717, 1.165) is 10.8 Å². The lowest BCUT2D eigenvalue weighted by atomic mass is 10.2. The Morgan fingerprint density at radius 2 is 2.38 bits per heavy atom. The molecule has 1 aromatic heterocycles. The average molecular weight is 234 g/mol. The van der Waals surface area contributed by atoms with Crippen LogP contribution in [0.5, 0.6) is 0 Å². The number of hydrogen-bond acceptors (Lipinski definition) is 5. The van der Waals surface area contributed by atoms with Gasteiger partial charge in [-0.05, 0) is 18.2 Å². The largest absolute Gasteiger partial charge is 0.465 e. The third-order valence-electron chi connectivity index (χ3n) is 1.97. The number of anilines is 2. The van der Waals surface area contributed by atoms with E-state index in [1.54, 1.807) is 24.4 Å². The molecule has 0 unspecified atom stereocenters. The van der Waals surface area contributed by atoms with E-state index in [2.05, 4.69) is 15.0 Å². The van der Waals surface area contributed by atoms with Gasteiger partial charge >= 0.3 is 5.97 Å². The molecule has 16 heavy (non-hydrogen) atoms. The maximum atomic E-state index is 11.3. The van der Waals surface area contributed by atoms with Gasteiger partial charge in [0, 0.05) is 17.3 Å². The highest BCUT2D eigenvalue weighted by Crippen LogP contribution is 2.19. The quantitative estimate of drug-likeness (QED) is 0.829. The molecule has 0 radical (unpaired) electrons. The second-order valence-corrected chi connectivity index (χ2v) is 3.93. The van der Waals surface area contributed by atoms with Gasteiger partial charge in [0.1, 0.15) is 0 Å². The molecule has 0 fully saturated rings. The Hall–Kier alpha value is -1.88. The zero-order chi connectivity index (χ0) is 11.4. The van der Waals surface area contributed by atoms with Gasteiger partial charge in [-0.1, -0.05) is 6.07 Å². The number of nitrogens with one attached hydrogen (secondary N) is 1. The first-order valence-electron chi connectivity index (χ1n) is 4.64. The van der Waals surface area contributed by atoms with Gasteiger partial charge in [0.25, 0.3) is 0 Å². The van der Waals surface area contributed by atoms with Gasteiger partial charge in [-0.25, -0.2) is 9.78 Å². The molecule has 0 bridgehead atoms. The van der Waals surface area contributed by atoms with E-state index in [1.165, 1.54) is 18.4 Å². The summed E-state index contributed by atoms with van der Waals surface area (Å²) in [6, 6.07) is 7.10. The monoisotopic (exact) mass is 234 g/mol. The second-order valence-electron chi connectivity index (χ2n) is 3.03. The number of carbonyl (C=O) groups excluding carboxylic acids is 1. The van der Waals surface area contributed by atoms with Crippen LogP contribution in [-0.2, 0) is 4.74 Å². The number of esters is 1. The molecule has 0 spiro atoms. The van der Waals surface area contributed by atoms with E-state index >= 15 is 0 Å². The number of methoxy groups -OCH3 is 1. The van der Waals surface area contributed by atoms with Gasteiger partial charge in [-0.2, -0.15) is 0 Å². The summed E-state index contributed by atoms with van der Waals surface area (Å²) in [5.41, 5.74) is 1.34. The van der Waals surface area contributed by atoms with Crippen LogP contribution in [0.3, 0.4) is 0 Å². The number of benzene rings is 1. The first-order chi connectivity index (χ1) is 7.79. The Morgan fingerprint density at radius 1 is 1.50 bits per heavy atom. The van der Waals surface area contributed by atoms with Crippen LogP contribution in [0.4, 0.5) is 10.8 Å². The van der Waals surface area contributed by atoms with Crippen LogP contribution in [0, 0.1) is 0 Å². The lowest BCUT2D eigenvalue weighted by Crippen LogP contribution is -2.01. The molecule has 4 nitrogen and oxygen atoms in total. The number of hydrogen-bond donors (Lipinski definition) is 1. The summed E-state index contributed by atoms with van der Waals surface area (Å²) in [7, 11) is 1.36. The van der Waals surface area contributed by atoms with Gasteiger partial charge in [-0.3, -0.25) is 0 Å². The second kappa shape index (κ2) is 4.76. The topological polar surface area (TPSA) is 51.2 Å². The van der Waals surface area contributed by atoms with Gasteiger partial charge in [0.2, 0.25) is 0 Å². The number of thiazole rings is 1. The predicted octanol–water partition coefficient (Wildman–Crippen LogP) is 2.67. The Kier molecular flexibility index (Phi) is 3.16. The highest BCUT2D eigenvalue weighted by molar-refractivity contribution is 7.13. The van der Waals surface area contributed by atoms with E-state index in [1.807, 2.05) is 11.4 Å². The van der Waals surface area contributed by atoms with Crippen LogP contribution >= 0.6 is 11.3 Å². The van der Waals surface area contributed by atoms with E-state index in [-0.39, 0.29) is 5.97 Å². The summed E-state index contributed by atoms with van der Waals surface area (Å²) in [5, 5.41) is 5.78. The van der Waals surface area contributed by atoms with Crippen molar-refractivity contribution in [1.82, 2.24) is 4.98 Å². The lowest BCUT2D eigenvalue weighted by molar-refractivity contribution is 0.0601. The Bertz CT molecular complexity index is 482. The average Bonchev–Trinajstić information content (AvgIpc) is 2.81. The number of aromatic nitrogens is 1. The number of nitrogens with zero attached hydrogens (tertiary/aromatic N) is 1. The van der Waals surface area contributed by atoms with Crippen LogP contribution in [-0.4, -0.2) is 18.1 Å². The predicted molar refractivity (Wildman–Crippen MR) is 63.2 cm³/mol. The van der Waals surface area contributed by atoms with Crippen molar-refractivity contribution in [1.29, 1.82) is 0 Å². The maximum Gasteiger partial charge on any atom is 0.337 e. The van der Waals surface area contributed by atoms with Gasteiger partial charge in [-0.15, -0.1) is 11.3 Å². The number of rotatable bonds is 3. The standard InChI is InChI=1S/C11H10N2O2S/c1-15-10(14)8-3-2-4-9(7-8)13-11-12-5-6-16-11/h2-7H,1H3,(H,12,13). The van der Waals surface area contributed by atoms with Gasteiger partial charge in [0.15, 0.2) is 5.13 Å². The summed E-state index contributed by atoms with van der Waals surface area (Å²) in [6.45, 7) is 0. The molecule has 0 amide bonds. The van der Waals surface area contributed by atoms with E-state index in [9.17, 15) is 4.79 Å². The highest BCUT2D eigenvalue weighted by atomic mass is 32.1. The van der Waals surface area contributed by atoms with Crippen molar-refractivity contribution in [3.8, 4) is 0 Å². The molecular weight excluding hydrogens is 224 g/mol. The molecule has 0 saturated heterocycles. The summed E-state index contributed by atoms with van der Waals surface area (Å²) < 4.78 is 4.65. The van der Waals surface area contributed by atoms with Crippen molar-refractivity contribution in [2.75, 3.05) is 12.4 Å². The molecule has 0 saturated carbocycles. The van der Waals surface area contributed by atoms with Crippen molar-refractivity contribution >= 4 is 28.1 Å². The fourth-order valence-electron chi connectivity index (χ4n) is 1.25. The minimum atomic E-state index is -0.345. The zero-order valence-electron chi connectivity index (χ0n) is 8.64. The molecule has 0 atom stereocenters. The van der Waals surface area contributed by atoms with Crippen molar-refractivity contribution < 1.29 is 9.53 Å². The van der Waals surface area contributed by atoms with E-state index < -0.39 is 0 Å². The minimum Gasteiger partial charge on any atom is -0.465 e. The highest BCUT2D eigenvalue weighted by Gasteiger charge is 2.05. The summed E-state index contributed by atoms with van der Waals surface area (Å²) in [6.07, 6.45) is 1.72. The number of carbonyl (C=O) groups is 1. The first-order valence-corrected chi connectivity index (χ1v) is 5.52. The SMILES string of the molecule is COC(=O)c1cccc(Nc2nccs2)c1. The Labute approximate surface area is 96.9 Å². The molecule has 0 aliphatic rings. The zero-order valence-corrected chi connectivity index (χ0v) is 9.45. The van der Waals surface area contributed by atoms with E-state index in [0.29, 0.717) is 5.56 Å². The van der Waals surface area contributed by atoms with Gasteiger partial charge < -0.3 is 10.1 Å². The molecule has 5 heteroatoms. The molecular formula is C11H10N2O2S. The summed E-state index contributed by atoms with van der Waals surface area (Å²) >= 11 is 1.50. The lowest BCUT2D eigenvalue weighted by Gasteiger charge is -2.04. The third kappa shape index (κ3) is 2.38. The Morgan fingerprint density at radius 3 is 3.06 bits per heavy atom. The minimum absolute atomic E-state index is 0.345. The molecule has 1 N–H and O–H groups in total. The molecule has 0 aliphatic heterocycles. The van der Waals surface area contributed by atoms with Crippen LogP contribution < -0.4 is 5.32 Å². The molecule has 0 aliphatic carbocycles.